The number of rotatable bonds is 3. The van der Waals surface area contributed by atoms with Crippen molar-refractivity contribution >= 4 is 58.1 Å². The van der Waals surface area contributed by atoms with Gasteiger partial charge in [-0.25, -0.2) is 0 Å². The summed E-state index contributed by atoms with van der Waals surface area (Å²) in [5, 5.41) is 11.3. The van der Waals surface area contributed by atoms with Crippen LogP contribution in [0.1, 0.15) is 11.3 Å². The number of nitrogens with zero attached hydrogens (tertiary/aromatic N) is 1. The number of allylic oxidation sites excluding steroid dienone is 1. The third-order valence-electron chi connectivity index (χ3n) is 3.46. The van der Waals surface area contributed by atoms with Gasteiger partial charge < -0.3 is 4.42 Å². The summed E-state index contributed by atoms with van der Waals surface area (Å²) in [5.74, 6) is 1.13. The van der Waals surface area contributed by atoms with Gasteiger partial charge in [-0.15, -0.1) is 0 Å². The molecule has 0 aliphatic rings. The summed E-state index contributed by atoms with van der Waals surface area (Å²) in [5.41, 5.74) is 1.75. The fourth-order valence-corrected chi connectivity index (χ4v) is 3.06. The molecular weight excluding hydrogens is 400 g/mol. The van der Waals surface area contributed by atoms with Gasteiger partial charge in [-0.1, -0.05) is 52.5 Å². The lowest BCUT2D eigenvalue weighted by Gasteiger charge is -2.03. The van der Waals surface area contributed by atoms with Gasteiger partial charge in [0.1, 0.15) is 11.5 Å². The van der Waals surface area contributed by atoms with Crippen LogP contribution in [0.3, 0.4) is 0 Å². The summed E-state index contributed by atoms with van der Waals surface area (Å²) in [7, 11) is 0. The zero-order chi connectivity index (χ0) is 18.0. The summed E-state index contributed by atoms with van der Waals surface area (Å²) >= 11 is 24.0. The predicted octanol–water partition coefficient (Wildman–Crippen LogP) is 7.62. The molecule has 0 aliphatic heterocycles. The maximum Gasteiger partial charge on any atom is 0.134 e. The van der Waals surface area contributed by atoms with Crippen molar-refractivity contribution < 1.29 is 4.42 Å². The van der Waals surface area contributed by atoms with Gasteiger partial charge in [-0.3, -0.25) is 0 Å². The second-order valence-corrected chi connectivity index (χ2v) is 6.78. The first kappa shape index (κ1) is 17.9. The summed E-state index contributed by atoms with van der Waals surface area (Å²) in [6, 6.07) is 15.9. The van der Waals surface area contributed by atoms with Crippen LogP contribution in [0.2, 0.25) is 20.1 Å². The molecule has 0 atom stereocenters. The number of hydrogen-bond acceptors (Lipinski definition) is 2. The summed E-state index contributed by atoms with van der Waals surface area (Å²) in [6.45, 7) is 0. The van der Waals surface area contributed by atoms with Crippen molar-refractivity contribution in [1.29, 1.82) is 5.26 Å². The van der Waals surface area contributed by atoms with Crippen molar-refractivity contribution in [2.75, 3.05) is 0 Å². The quantitative estimate of drug-likeness (QED) is 0.417. The van der Waals surface area contributed by atoms with Crippen LogP contribution in [-0.4, -0.2) is 0 Å². The Kier molecular flexibility index (Phi) is 5.42. The lowest BCUT2D eigenvalue weighted by Crippen LogP contribution is -1.83. The van der Waals surface area contributed by atoms with E-state index in [9.17, 15) is 5.26 Å². The number of hydrogen-bond donors (Lipinski definition) is 0. The first-order valence-corrected chi connectivity index (χ1v) is 8.61. The highest BCUT2D eigenvalue weighted by molar-refractivity contribution is 6.42. The lowest BCUT2D eigenvalue weighted by atomic mass is 10.1. The van der Waals surface area contributed by atoms with Gasteiger partial charge in [0.25, 0.3) is 0 Å². The summed E-state index contributed by atoms with van der Waals surface area (Å²) in [6.07, 6.45) is 1.62. The molecule has 0 bridgehead atoms. The van der Waals surface area contributed by atoms with Gasteiger partial charge in [0, 0.05) is 16.1 Å². The highest BCUT2D eigenvalue weighted by Crippen LogP contribution is 2.32. The van der Waals surface area contributed by atoms with E-state index in [0.29, 0.717) is 42.7 Å². The molecule has 0 N–H and O–H groups in total. The van der Waals surface area contributed by atoms with Crippen molar-refractivity contribution in [3.05, 3.63) is 79.9 Å². The van der Waals surface area contributed by atoms with Crippen molar-refractivity contribution in [1.82, 2.24) is 0 Å². The zero-order valence-electron chi connectivity index (χ0n) is 12.6. The van der Waals surface area contributed by atoms with Gasteiger partial charge in [0.2, 0.25) is 0 Å². The minimum Gasteiger partial charge on any atom is -0.457 e. The van der Waals surface area contributed by atoms with E-state index in [1.807, 2.05) is 6.07 Å². The monoisotopic (exact) mass is 407 g/mol. The minimum absolute atomic E-state index is 0.372. The number of halogens is 4. The first-order valence-electron chi connectivity index (χ1n) is 7.10. The summed E-state index contributed by atoms with van der Waals surface area (Å²) < 4.78 is 5.78. The van der Waals surface area contributed by atoms with Crippen molar-refractivity contribution in [2.24, 2.45) is 0 Å². The Bertz CT molecular complexity index is 1010. The van der Waals surface area contributed by atoms with Crippen LogP contribution in [0, 0.1) is 11.3 Å². The van der Waals surface area contributed by atoms with E-state index >= 15 is 0 Å². The zero-order valence-corrected chi connectivity index (χ0v) is 15.6. The predicted molar refractivity (Wildman–Crippen MR) is 104 cm³/mol. The molecule has 3 aromatic rings. The molecule has 1 aromatic heterocycles. The van der Waals surface area contributed by atoms with E-state index in [2.05, 4.69) is 6.07 Å². The van der Waals surface area contributed by atoms with Crippen molar-refractivity contribution in [3.8, 4) is 17.4 Å². The Balaban J connectivity index is 1.96. The SMILES string of the molecule is N#CC(=Cc1ccc(-c2ccc(Cl)c(Cl)c2)o1)c1ccc(Cl)cc1Cl. The molecule has 0 spiro atoms. The van der Waals surface area contributed by atoms with E-state index in [1.165, 1.54) is 0 Å². The third kappa shape index (κ3) is 4.03. The van der Waals surface area contributed by atoms with Gasteiger partial charge >= 0.3 is 0 Å². The lowest BCUT2D eigenvalue weighted by molar-refractivity contribution is 0.572. The number of nitriles is 1. The fraction of sp³-hybridized carbons (Fsp3) is 0. The third-order valence-corrected chi connectivity index (χ3v) is 4.75. The Morgan fingerprint density at radius 1 is 0.880 bits per heavy atom. The van der Waals surface area contributed by atoms with Crippen LogP contribution in [0.15, 0.2) is 52.9 Å². The number of furan rings is 1. The molecule has 0 radical (unpaired) electrons. The van der Waals surface area contributed by atoms with Crippen LogP contribution < -0.4 is 0 Å². The van der Waals surface area contributed by atoms with Gasteiger partial charge in [-0.2, -0.15) is 5.26 Å². The molecule has 1 heterocycles. The van der Waals surface area contributed by atoms with Crippen LogP contribution in [0.4, 0.5) is 0 Å². The smallest absolute Gasteiger partial charge is 0.134 e. The molecule has 124 valence electrons. The van der Waals surface area contributed by atoms with Crippen LogP contribution >= 0.6 is 46.4 Å². The topological polar surface area (TPSA) is 36.9 Å². The molecule has 6 heteroatoms. The maximum absolute atomic E-state index is 9.44. The van der Waals surface area contributed by atoms with Gasteiger partial charge in [-0.05, 0) is 48.5 Å². The highest BCUT2D eigenvalue weighted by Gasteiger charge is 2.10. The Hall–Kier alpha value is -1.89. The molecular formula is C19H9Cl4NO. The first-order chi connectivity index (χ1) is 12.0. The highest BCUT2D eigenvalue weighted by atomic mass is 35.5. The average molecular weight is 409 g/mol. The molecule has 0 fully saturated rings. The molecule has 2 aromatic carbocycles. The minimum atomic E-state index is 0.372. The fourth-order valence-electron chi connectivity index (χ4n) is 2.26. The molecule has 0 saturated carbocycles. The second-order valence-electron chi connectivity index (χ2n) is 5.12. The van der Waals surface area contributed by atoms with Crippen molar-refractivity contribution in [3.63, 3.8) is 0 Å². The van der Waals surface area contributed by atoms with E-state index in [-0.39, 0.29) is 0 Å². The largest absolute Gasteiger partial charge is 0.457 e. The van der Waals surface area contributed by atoms with Crippen molar-refractivity contribution in [2.45, 2.75) is 0 Å². The van der Waals surface area contributed by atoms with Crippen LogP contribution in [0.5, 0.6) is 0 Å². The molecule has 0 amide bonds. The maximum atomic E-state index is 9.44. The second kappa shape index (κ2) is 7.56. The Morgan fingerprint density at radius 3 is 2.36 bits per heavy atom. The summed E-state index contributed by atoms with van der Waals surface area (Å²) in [4.78, 5) is 0. The Labute approximate surface area is 164 Å². The average Bonchev–Trinajstić information content (AvgIpc) is 3.04. The molecule has 0 saturated heterocycles. The standard InChI is InChI=1S/C19H9Cl4NO/c20-13-2-4-15(17(22)9-13)12(10-24)7-14-3-6-19(25-14)11-1-5-16(21)18(23)8-11/h1-9H. The van der Waals surface area contributed by atoms with E-state index in [1.54, 1.807) is 48.5 Å². The molecule has 25 heavy (non-hydrogen) atoms. The molecule has 3 rings (SSSR count). The van der Waals surface area contributed by atoms with E-state index in [4.69, 9.17) is 50.8 Å². The Morgan fingerprint density at radius 2 is 1.68 bits per heavy atom. The molecule has 0 unspecified atom stereocenters. The van der Waals surface area contributed by atoms with E-state index in [0.717, 1.165) is 5.56 Å². The van der Waals surface area contributed by atoms with E-state index < -0.39 is 0 Å². The van der Waals surface area contributed by atoms with Gasteiger partial charge in [0.15, 0.2) is 0 Å². The van der Waals surface area contributed by atoms with Crippen LogP contribution in [0.25, 0.3) is 23.0 Å². The molecule has 2 nitrogen and oxygen atoms in total. The number of benzene rings is 2. The molecule has 0 aliphatic carbocycles. The van der Waals surface area contributed by atoms with Gasteiger partial charge in [0.05, 0.1) is 26.7 Å². The normalized spacial score (nSPS) is 11.4. The van der Waals surface area contributed by atoms with Crippen LogP contribution in [-0.2, 0) is 0 Å².